The minimum Gasteiger partial charge on any atom is -0.465 e. The van der Waals surface area contributed by atoms with Gasteiger partial charge >= 0.3 is 12.0 Å². The molecule has 1 saturated heterocycles. The lowest BCUT2D eigenvalue weighted by Crippen LogP contribution is -2.30. The van der Waals surface area contributed by atoms with E-state index in [0.717, 1.165) is 38.0 Å². The average Bonchev–Trinajstić information content (AvgIpc) is 3.06. The molecule has 0 unspecified atom stereocenters. The van der Waals surface area contributed by atoms with Crippen molar-refractivity contribution >= 4 is 17.7 Å². The van der Waals surface area contributed by atoms with Crippen LogP contribution in [0.25, 0.3) is 0 Å². The van der Waals surface area contributed by atoms with Gasteiger partial charge in [-0.25, -0.2) is 9.59 Å². The Hall–Kier alpha value is -2.08. The summed E-state index contributed by atoms with van der Waals surface area (Å²) in [6.45, 7) is 4.19. The minimum atomic E-state index is -0.424. The number of hydrogen-bond acceptors (Lipinski definition) is 4. The van der Waals surface area contributed by atoms with Gasteiger partial charge in [-0.15, -0.1) is 0 Å². The summed E-state index contributed by atoms with van der Waals surface area (Å²) < 4.78 is 10.0. The topological polar surface area (TPSA) is 76.7 Å². The summed E-state index contributed by atoms with van der Waals surface area (Å²) in [6, 6.07) is 4.81. The van der Waals surface area contributed by atoms with Gasteiger partial charge < -0.3 is 20.1 Å². The molecule has 1 aromatic rings. The van der Waals surface area contributed by atoms with E-state index in [4.69, 9.17) is 4.74 Å². The zero-order valence-electron chi connectivity index (χ0n) is 13.7. The molecule has 0 bridgehead atoms. The highest BCUT2D eigenvalue weighted by Crippen LogP contribution is 2.18. The number of methoxy groups -OCH3 is 1. The fourth-order valence-electron chi connectivity index (χ4n) is 2.57. The molecular weight excluding hydrogens is 296 g/mol. The molecule has 1 heterocycles. The van der Waals surface area contributed by atoms with Gasteiger partial charge in [-0.2, -0.15) is 0 Å². The lowest BCUT2D eigenvalue weighted by molar-refractivity contribution is 0.0600. The van der Waals surface area contributed by atoms with Crippen molar-refractivity contribution in [1.82, 2.24) is 5.32 Å². The number of amides is 2. The molecule has 0 aliphatic carbocycles. The Morgan fingerprint density at radius 3 is 2.91 bits per heavy atom. The van der Waals surface area contributed by atoms with Crippen LogP contribution in [0.15, 0.2) is 18.2 Å². The number of urea groups is 1. The first-order valence-electron chi connectivity index (χ1n) is 7.91. The quantitative estimate of drug-likeness (QED) is 0.624. The second kappa shape index (κ2) is 8.53. The molecule has 1 aromatic carbocycles. The number of carbonyl (C=O) groups is 2. The van der Waals surface area contributed by atoms with Gasteiger partial charge in [0.15, 0.2) is 0 Å². The van der Waals surface area contributed by atoms with Gasteiger partial charge in [-0.1, -0.05) is 6.07 Å². The molecule has 6 nitrogen and oxygen atoms in total. The smallest absolute Gasteiger partial charge is 0.337 e. The number of anilines is 1. The van der Waals surface area contributed by atoms with E-state index in [1.54, 1.807) is 18.2 Å². The fourth-order valence-corrected chi connectivity index (χ4v) is 2.57. The zero-order valence-corrected chi connectivity index (χ0v) is 13.7. The van der Waals surface area contributed by atoms with E-state index in [-0.39, 0.29) is 6.03 Å². The highest BCUT2D eigenvalue weighted by atomic mass is 16.5. The summed E-state index contributed by atoms with van der Waals surface area (Å²) in [6.07, 6.45) is 3.12. The van der Waals surface area contributed by atoms with Crippen LogP contribution in [-0.4, -0.2) is 38.9 Å². The summed E-state index contributed by atoms with van der Waals surface area (Å²) in [7, 11) is 1.33. The van der Waals surface area contributed by atoms with E-state index >= 15 is 0 Å². The molecule has 126 valence electrons. The first-order valence-corrected chi connectivity index (χ1v) is 7.91. The molecule has 0 aromatic heterocycles. The van der Waals surface area contributed by atoms with E-state index in [1.165, 1.54) is 7.11 Å². The van der Waals surface area contributed by atoms with E-state index in [1.807, 2.05) is 6.92 Å². The lowest BCUT2D eigenvalue weighted by Gasteiger charge is -2.12. The van der Waals surface area contributed by atoms with E-state index < -0.39 is 5.97 Å². The number of esters is 1. The van der Waals surface area contributed by atoms with Gasteiger partial charge in [0, 0.05) is 25.4 Å². The molecular formula is C17H24N2O4. The third-order valence-corrected chi connectivity index (χ3v) is 4.01. The van der Waals surface area contributed by atoms with E-state index in [2.05, 4.69) is 15.4 Å². The maximum absolute atomic E-state index is 11.9. The largest absolute Gasteiger partial charge is 0.465 e. The van der Waals surface area contributed by atoms with Crippen LogP contribution in [0, 0.1) is 12.8 Å². The van der Waals surface area contributed by atoms with Gasteiger partial charge in [0.1, 0.15) is 0 Å². The first-order chi connectivity index (χ1) is 11.1. The van der Waals surface area contributed by atoms with Crippen LogP contribution in [0.4, 0.5) is 10.5 Å². The predicted molar refractivity (Wildman–Crippen MR) is 87.7 cm³/mol. The van der Waals surface area contributed by atoms with Gasteiger partial charge in [-0.05, 0) is 49.8 Å². The Morgan fingerprint density at radius 2 is 2.22 bits per heavy atom. The maximum atomic E-state index is 11.9. The van der Waals surface area contributed by atoms with Crippen LogP contribution in [0.5, 0.6) is 0 Å². The number of carbonyl (C=O) groups excluding carboxylic acids is 2. The van der Waals surface area contributed by atoms with Crippen LogP contribution in [0.3, 0.4) is 0 Å². The van der Waals surface area contributed by atoms with Crippen molar-refractivity contribution in [2.24, 2.45) is 5.92 Å². The molecule has 6 heteroatoms. The molecule has 1 aliphatic heterocycles. The van der Waals surface area contributed by atoms with Crippen molar-refractivity contribution < 1.29 is 19.1 Å². The number of hydrogen-bond donors (Lipinski definition) is 2. The predicted octanol–water partition coefficient (Wildman–Crippen LogP) is 2.72. The van der Waals surface area contributed by atoms with Gasteiger partial charge in [0.2, 0.25) is 0 Å². The van der Waals surface area contributed by atoms with E-state index in [0.29, 0.717) is 23.7 Å². The molecule has 1 atom stereocenters. The Kier molecular flexibility index (Phi) is 6.40. The third-order valence-electron chi connectivity index (χ3n) is 4.01. The summed E-state index contributed by atoms with van der Waals surface area (Å²) in [4.78, 5) is 23.5. The number of benzene rings is 1. The van der Waals surface area contributed by atoms with Crippen LogP contribution >= 0.6 is 0 Å². The van der Waals surface area contributed by atoms with Crippen molar-refractivity contribution in [3.05, 3.63) is 29.3 Å². The fraction of sp³-hybridized carbons (Fsp3) is 0.529. The lowest BCUT2D eigenvalue weighted by atomic mass is 10.0. The average molecular weight is 320 g/mol. The first kappa shape index (κ1) is 17.3. The molecule has 0 saturated carbocycles. The molecule has 1 aliphatic rings. The van der Waals surface area contributed by atoms with Crippen molar-refractivity contribution in [3.63, 3.8) is 0 Å². The Morgan fingerprint density at radius 1 is 1.39 bits per heavy atom. The molecule has 2 rings (SSSR count). The van der Waals surface area contributed by atoms with Gasteiger partial charge in [0.05, 0.1) is 12.7 Å². The van der Waals surface area contributed by atoms with Crippen LogP contribution < -0.4 is 10.6 Å². The molecule has 0 radical (unpaired) electrons. The number of aryl methyl sites for hydroxylation is 1. The van der Waals surface area contributed by atoms with Crippen molar-refractivity contribution in [2.45, 2.75) is 26.2 Å². The van der Waals surface area contributed by atoms with Gasteiger partial charge in [0.25, 0.3) is 0 Å². The van der Waals surface area contributed by atoms with E-state index in [9.17, 15) is 9.59 Å². The van der Waals surface area contributed by atoms with Crippen LogP contribution in [-0.2, 0) is 9.47 Å². The zero-order chi connectivity index (χ0) is 16.7. The van der Waals surface area contributed by atoms with Crippen LogP contribution in [0.1, 0.15) is 35.2 Å². The molecule has 23 heavy (non-hydrogen) atoms. The normalized spacial score (nSPS) is 16.9. The SMILES string of the molecule is COC(=O)c1ccc(C)c(NC(=O)NCCC[C@H]2CCOC2)c1. The Labute approximate surface area is 136 Å². The highest BCUT2D eigenvalue weighted by Gasteiger charge is 2.15. The Balaban J connectivity index is 1.78. The Bertz CT molecular complexity index is 554. The second-order valence-corrected chi connectivity index (χ2v) is 5.77. The number of ether oxygens (including phenoxy) is 2. The summed E-state index contributed by atoms with van der Waals surface area (Å²) in [5.41, 5.74) is 1.90. The molecule has 1 fully saturated rings. The van der Waals surface area contributed by atoms with Gasteiger partial charge in [-0.3, -0.25) is 0 Å². The molecule has 0 spiro atoms. The second-order valence-electron chi connectivity index (χ2n) is 5.77. The van der Waals surface area contributed by atoms with Crippen molar-refractivity contribution in [3.8, 4) is 0 Å². The summed E-state index contributed by atoms with van der Waals surface area (Å²) >= 11 is 0. The molecule has 2 N–H and O–H groups in total. The van der Waals surface area contributed by atoms with Crippen LogP contribution in [0.2, 0.25) is 0 Å². The minimum absolute atomic E-state index is 0.266. The highest BCUT2D eigenvalue weighted by molar-refractivity contribution is 5.94. The standard InChI is InChI=1S/C17H24N2O4/c1-12-5-6-14(16(20)22-2)10-15(12)19-17(21)18-8-3-4-13-7-9-23-11-13/h5-6,10,13H,3-4,7-9,11H2,1-2H3,(H2,18,19,21)/t13-/m0/s1. The maximum Gasteiger partial charge on any atom is 0.337 e. The third kappa shape index (κ3) is 5.25. The van der Waals surface area contributed by atoms with Crippen molar-refractivity contribution in [2.75, 3.05) is 32.2 Å². The summed E-state index contributed by atoms with van der Waals surface area (Å²) in [5, 5.41) is 5.61. The number of rotatable bonds is 6. The molecule has 2 amide bonds. The van der Waals surface area contributed by atoms with Crippen molar-refractivity contribution in [1.29, 1.82) is 0 Å². The monoisotopic (exact) mass is 320 g/mol. The number of nitrogens with one attached hydrogen (secondary N) is 2. The summed E-state index contributed by atoms with van der Waals surface area (Å²) in [5.74, 6) is 0.200.